The van der Waals surface area contributed by atoms with Gasteiger partial charge in [0.05, 0.1) is 11.2 Å². The van der Waals surface area contributed by atoms with Crippen molar-refractivity contribution in [2.75, 3.05) is 20.2 Å². The number of hydrogen-bond donors (Lipinski definition) is 1. The van der Waals surface area contributed by atoms with E-state index in [4.69, 9.17) is 9.84 Å². The van der Waals surface area contributed by atoms with Crippen LogP contribution in [0.5, 0.6) is 0 Å². The first-order chi connectivity index (χ1) is 9.02. The fourth-order valence-corrected chi connectivity index (χ4v) is 2.62. The first-order valence-corrected chi connectivity index (χ1v) is 6.62. The largest absolute Gasteiger partial charge is 0.478 e. The molecular formula is C15H21NO3. The number of methoxy groups -OCH3 is 1. The second-order valence-corrected chi connectivity index (χ2v) is 5.47. The van der Waals surface area contributed by atoms with E-state index in [1.807, 2.05) is 12.1 Å². The molecule has 1 saturated heterocycles. The quantitative estimate of drug-likeness (QED) is 0.906. The van der Waals surface area contributed by atoms with Gasteiger partial charge >= 0.3 is 5.97 Å². The van der Waals surface area contributed by atoms with Gasteiger partial charge in [-0.05, 0) is 44.0 Å². The molecule has 104 valence electrons. The molecule has 4 nitrogen and oxygen atoms in total. The summed E-state index contributed by atoms with van der Waals surface area (Å²) in [5.74, 6) is -0.878. The number of carbonyl (C=O) groups is 1. The van der Waals surface area contributed by atoms with Crippen LogP contribution < -0.4 is 0 Å². The van der Waals surface area contributed by atoms with Gasteiger partial charge in [0.1, 0.15) is 0 Å². The summed E-state index contributed by atoms with van der Waals surface area (Å²) in [6, 6.07) is 7.11. The summed E-state index contributed by atoms with van der Waals surface area (Å²) in [4.78, 5) is 13.2. The average Bonchev–Trinajstić information content (AvgIpc) is 2.39. The van der Waals surface area contributed by atoms with Gasteiger partial charge in [0.15, 0.2) is 0 Å². The van der Waals surface area contributed by atoms with E-state index in [2.05, 4.69) is 11.8 Å². The van der Waals surface area contributed by atoms with Gasteiger partial charge in [-0.25, -0.2) is 4.79 Å². The van der Waals surface area contributed by atoms with Crippen molar-refractivity contribution >= 4 is 5.97 Å². The van der Waals surface area contributed by atoms with Gasteiger partial charge in [-0.3, -0.25) is 4.90 Å². The molecule has 19 heavy (non-hydrogen) atoms. The molecule has 1 N–H and O–H groups in total. The molecule has 1 heterocycles. The van der Waals surface area contributed by atoms with E-state index >= 15 is 0 Å². The molecule has 0 aromatic heterocycles. The Balaban J connectivity index is 1.99. The highest BCUT2D eigenvalue weighted by atomic mass is 16.5. The van der Waals surface area contributed by atoms with Crippen LogP contribution >= 0.6 is 0 Å². The molecule has 1 aromatic carbocycles. The minimum atomic E-state index is -0.878. The Kier molecular flexibility index (Phi) is 4.22. The van der Waals surface area contributed by atoms with Gasteiger partial charge < -0.3 is 9.84 Å². The van der Waals surface area contributed by atoms with Crippen molar-refractivity contribution in [3.8, 4) is 0 Å². The summed E-state index contributed by atoms with van der Waals surface area (Å²) >= 11 is 0. The Morgan fingerprint density at radius 1 is 1.42 bits per heavy atom. The van der Waals surface area contributed by atoms with E-state index in [-0.39, 0.29) is 5.60 Å². The number of piperidine rings is 1. The van der Waals surface area contributed by atoms with Crippen molar-refractivity contribution in [3.05, 3.63) is 35.4 Å². The molecule has 1 aliphatic heterocycles. The van der Waals surface area contributed by atoms with E-state index in [0.717, 1.165) is 38.0 Å². The van der Waals surface area contributed by atoms with Gasteiger partial charge in [0.2, 0.25) is 0 Å². The number of rotatable bonds is 4. The minimum absolute atomic E-state index is 0.0563. The lowest BCUT2D eigenvalue weighted by molar-refractivity contribution is -0.0527. The zero-order chi connectivity index (χ0) is 13.9. The lowest BCUT2D eigenvalue weighted by Gasteiger charge is -2.39. The van der Waals surface area contributed by atoms with E-state index in [1.165, 1.54) is 0 Å². The fourth-order valence-electron chi connectivity index (χ4n) is 2.62. The molecule has 4 heteroatoms. The predicted molar refractivity (Wildman–Crippen MR) is 73.3 cm³/mol. The first-order valence-electron chi connectivity index (χ1n) is 6.62. The van der Waals surface area contributed by atoms with Crippen molar-refractivity contribution in [2.45, 2.75) is 31.9 Å². The van der Waals surface area contributed by atoms with Crippen molar-refractivity contribution in [3.63, 3.8) is 0 Å². The summed E-state index contributed by atoms with van der Waals surface area (Å²) in [5.41, 5.74) is 1.42. The molecule has 0 bridgehead atoms. The monoisotopic (exact) mass is 263 g/mol. The molecule has 1 aliphatic rings. The second kappa shape index (κ2) is 5.72. The minimum Gasteiger partial charge on any atom is -0.478 e. The van der Waals surface area contributed by atoms with Crippen LogP contribution in [-0.4, -0.2) is 41.8 Å². The third-order valence-corrected chi connectivity index (χ3v) is 3.84. The second-order valence-electron chi connectivity index (χ2n) is 5.47. The predicted octanol–water partition coefficient (Wildman–Crippen LogP) is 2.39. The fraction of sp³-hybridized carbons (Fsp3) is 0.533. The van der Waals surface area contributed by atoms with E-state index in [1.54, 1.807) is 19.2 Å². The Hall–Kier alpha value is -1.39. The van der Waals surface area contributed by atoms with Crippen molar-refractivity contribution in [2.24, 2.45) is 0 Å². The highest BCUT2D eigenvalue weighted by Crippen LogP contribution is 2.25. The number of carboxylic acid groups (broad SMARTS) is 1. The van der Waals surface area contributed by atoms with Gasteiger partial charge in [-0.1, -0.05) is 12.1 Å². The zero-order valence-corrected chi connectivity index (χ0v) is 11.6. The molecule has 0 radical (unpaired) electrons. The molecule has 0 spiro atoms. The van der Waals surface area contributed by atoms with Gasteiger partial charge in [-0.2, -0.15) is 0 Å². The maximum Gasteiger partial charge on any atom is 0.335 e. The standard InChI is InChI=1S/C15H21NO3/c1-15(19-2)8-3-9-16(11-15)10-12-4-6-13(7-5-12)14(17)18/h4-7H,3,8-11H2,1-2H3,(H,17,18). The maximum absolute atomic E-state index is 10.8. The zero-order valence-electron chi connectivity index (χ0n) is 11.6. The average molecular weight is 263 g/mol. The number of benzene rings is 1. The van der Waals surface area contributed by atoms with E-state index in [9.17, 15) is 4.79 Å². The number of aromatic carboxylic acids is 1. The van der Waals surface area contributed by atoms with E-state index in [0.29, 0.717) is 5.56 Å². The normalized spacial score (nSPS) is 24.3. The molecule has 1 aromatic rings. The van der Waals surface area contributed by atoms with E-state index < -0.39 is 5.97 Å². The Morgan fingerprint density at radius 3 is 2.68 bits per heavy atom. The molecule has 1 atom stereocenters. The SMILES string of the molecule is COC1(C)CCCN(Cc2ccc(C(=O)O)cc2)C1. The summed E-state index contributed by atoms with van der Waals surface area (Å²) < 4.78 is 5.58. The number of hydrogen-bond acceptors (Lipinski definition) is 3. The smallest absolute Gasteiger partial charge is 0.335 e. The van der Waals surface area contributed by atoms with Crippen LogP contribution in [-0.2, 0) is 11.3 Å². The molecule has 0 amide bonds. The first kappa shape index (κ1) is 14.0. The summed E-state index contributed by atoms with van der Waals surface area (Å²) in [6.07, 6.45) is 2.23. The van der Waals surface area contributed by atoms with Gasteiger partial charge in [0.25, 0.3) is 0 Å². The number of nitrogens with zero attached hydrogens (tertiary/aromatic N) is 1. The van der Waals surface area contributed by atoms with Crippen molar-refractivity contribution in [1.29, 1.82) is 0 Å². The molecule has 0 saturated carbocycles. The van der Waals surface area contributed by atoms with Crippen LogP contribution in [0.2, 0.25) is 0 Å². The molecule has 2 rings (SSSR count). The van der Waals surface area contributed by atoms with Crippen molar-refractivity contribution in [1.82, 2.24) is 4.90 Å². The van der Waals surface area contributed by atoms with Crippen LogP contribution in [0.1, 0.15) is 35.7 Å². The van der Waals surface area contributed by atoms with Crippen LogP contribution in [0.3, 0.4) is 0 Å². The molecule has 1 fully saturated rings. The summed E-state index contributed by atoms with van der Waals surface area (Å²) in [5, 5.41) is 8.87. The molecular weight excluding hydrogens is 242 g/mol. The third kappa shape index (κ3) is 3.55. The Morgan fingerprint density at radius 2 is 2.11 bits per heavy atom. The Bertz CT molecular complexity index is 443. The van der Waals surface area contributed by atoms with Crippen LogP contribution in [0.4, 0.5) is 0 Å². The lowest BCUT2D eigenvalue weighted by Crippen LogP contribution is -2.46. The van der Waals surface area contributed by atoms with Crippen LogP contribution in [0.15, 0.2) is 24.3 Å². The van der Waals surface area contributed by atoms with Gasteiger partial charge in [0, 0.05) is 20.2 Å². The molecule has 0 aliphatic carbocycles. The van der Waals surface area contributed by atoms with Crippen LogP contribution in [0, 0.1) is 0 Å². The summed E-state index contributed by atoms with van der Waals surface area (Å²) in [6.45, 7) is 4.98. The number of carboxylic acids is 1. The highest BCUT2D eigenvalue weighted by molar-refractivity contribution is 5.87. The highest BCUT2D eigenvalue weighted by Gasteiger charge is 2.30. The number of ether oxygens (including phenoxy) is 1. The summed E-state index contributed by atoms with van der Waals surface area (Å²) in [7, 11) is 1.77. The topological polar surface area (TPSA) is 49.8 Å². The van der Waals surface area contributed by atoms with Crippen molar-refractivity contribution < 1.29 is 14.6 Å². The third-order valence-electron chi connectivity index (χ3n) is 3.84. The number of likely N-dealkylation sites (tertiary alicyclic amines) is 1. The lowest BCUT2D eigenvalue weighted by atomic mass is 9.94. The maximum atomic E-state index is 10.8. The molecule has 1 unspecified atom stereocenters. The van der Waals surface area contributed by atoms with Gasteiger partial charge in [-0.15, -0.1) is 0 Å². The van der Waals surface area contributed by atoms with Crippen LogP contribution in [0.25, 0.3) is 0 Å². The Labute approximate surface area is 114 Å².